The molecule has 0 fully saturated rings. The summed E-state index contributed by atoms with van der Waals surface area (Å²) in [6.45, 7) is 0. The van der Waals surface area contributed by atoms with Gasteiger partial charge in [-0.25, -0.2) is 17.9 Å². The number of esters is 1. The van der Waals surface area contributed by atoms with Crippen LogP contribution in [0, 0.1) is 0 Å². The first-order chi connectivity index (χ1) is 15.2. The molecule has 2 heterocycles. The van der Waals surface area contributed by atoms with E-state index in [4.69, 9.17) is 27.9 Å². The van der Waals surface area contributed by atoms with Gasteiger partial charge in [-0.05, 0) is 24.3 Å². The molecule has 0 aliphatic carbocycles. The van der Waals surface area contributed by atoms with Gasteiger partial charge in [-0.1, -0.05) is 58.8 Å². The molecule has 0 radical (unpaired) electrons. The maximum Gasteiger partial charge on any atom is 0.360 e. The molecule has 0 saturated heterocycles. The highest BCUT2D eigenvalue weighted by molar-refractivity contribution is 7.90. The Bertz CT molecular complexity index is 1450. The van der Waals surface area contributed by atoms with E-state index in [1.807, 2.05) is 0 Å². The maximum absolute atomic E-state index is 12.2. The normalized spacial score (nSPS) is 11.5. The predicted molar refractivity (Wildman–Crippen MR) is 122 cm³/mol. The number of ether oxygens (including phenoxy) is 1. The summed E-state index contributed by atoms with van der Waals surface area (Å²) >= 11 is 14.0. The highest BCUT2D eigenvalue weighted by atomic mass is 35.5. The molecule has 2 aromatic heterocycles. The first-order valence-corrected chi connectivity index (χ1v) is 12.4. The highest BCUT2D eigenvalue weighted by Gasteiger charge is 2.27. The Hall–Kier alpha value is -2.79. The van der Waals surface area contributed by atoms with Gasteiger partial charge in [-0.3, -0.25) is 0 Å². The van der Waals surface area contributed by atoms with Crippen LogP contribution in [0.4, 0.5) is 0 Å². The summed E-state index contributed by atoms with van der Waals surface area (Å²) < 4.78 is 30.0. The topological polar surface area (TPSA) is 104 Å². The molecule has 0 saturated carbocycles. The second kappa shape index (κ2) is 8.62. The first kappa shape index (κ1) is 22.4. The van der Waals surface area contributed by atoms with Gasteiger partial charge in [-0.15, -0.1) is 10.2 Å². The van der Waals surface area contributed by atoms with Crippen molar-refractivity contribution in [1.29, 1.82) is 0 Å². The first-order valence-electron chi connectivity index (χ1n) is 8.97. The van der Waals surface area contributed by atoms with E-state index in [9.17, 15) is 13.2 Å². The van der Waals surface area contributed by atoms with Gasteiger partial charge in [0.2, 0.25) is 0 Å². The minimum Gasteiger partial charge on any atom is -0.464 e. The molecule has 0 aliphatic heterocycles. The zero-order valence-corrected chi connectivity index (χ0v) is 19.8. The lowest BCUT2D eigenvalue weighted by atomic mass is 10.2. The van der Waals surface area contributed by atoms with Gasteiger partial charge in [-0.2, -0.15) is 5.10 Å². The van der Waals surface area contributed by atoms with Crippen LogP contribution >= 0.6 is 34.5 Å². The fourth-order valence-electron chi connectivity index (χ4n) is 2.90. The Morgan fingerprint density at radius 2 is 1.78 bits per heavy atom. The van der Waals surface area contributed by atoms with Gasteiger partial charge in [0.25, 0.3) is 0 Å². The third-order valence-corrected chi connectivity index (χ3v) is 7.19. The van der Waals surface area contributed by atoms with Crippen LogP contribution < -0.4 is 0 Å². The average molecular weight is 509 g/mol. The molecule has 0 unspecified atom stereocenters. The molecule has 0 N–H and O–H groups in total. The number of rotatable bonds is 5. The maximum atomic E-state index is 12.2. The second-order valence-corrected chi connectivity index (χ2v) is 10.4. The lowest BCUT2D eigenvalue weighted by molar-refractivity contribution is 0.0593. The van der Waals surface area contributed by atoms with Crippen LogP contribution in [0.15, 0.2) is 53.4 Å². The van der Waals surface area contributed by atoms with Gasteiger partial charge in [0, 0.05) is 11.8 Å². The van der Waals surface area contributed by atoms with E-state index in [2.05, 4.69) is 15.3 Å². The number of methoxy groups -OCH3 is 1. The van der Waals surface area contributed by atoms with Crippen LogP contribution in [-0.4, -0.2) is 47.7 Å². The van der Waals surface area contributed by atoms with Crippen LogP contribution in [0.25, 0.3) is 27.0 Å². The van der Waals surface area contributed by atoms with Crippen molar-refractivity contribution >= 4 is 50.3 Å². The minimum atomic E-state index is -3.39. The Morgan fingerprint density at radius 1 is 1.06 bits per heavy atom. The predicted octanol–water partition coefficient (Wildman–Crippen LogP) is 4.55. The molecular weight excluding hydrogens is 495 g/mol. The molecule has 2 aromatic carbocycles. The molecule has 0 aliphatic rings. The quantitative estimate of drug-likeness (QED) is 0.364. The van der Waals surface area contributed by atoms with Crippen molar-refractivity contribution in [2.75, 3.05) is 13.4 Å². The molecular formula is C20H14Cl2N4O4S2. The number of carbonyl (C=O) groups is 1. The number of benzene rings is 2. The molecule has 0 spiro atoms. The number of para-hydroxylation sites is 1. The van der Waals surface area contributed by atoms with Gasteiger partial charge < -0.3 is 4.74 Å². The van der Waals surface area contributed by atoms with Crippen molar-refractivity contribution in [3.8, 4) is 27.0 Å². The summed E-state index contributed by atoms with van der Waals surface area (Å²) in [7, 11) is -2.16. The van der Waals surface area contributed by atoms with Crippen LogP contribution in [-0.2, 0) is 14.6 Å². The number of hydrogen-bond acceptors (Lipinski definition) is 8. The molecule has 4 aromatic rings. The molecule has 4 rings (SSSR count). The molecule has 164 valence electrons. The number of hydrogen-bond donors (Lipinski definition) is 0. The molecule has 8 nitrogen and oxygen atoms in total. The van der Waals surface area contributed by atoms with Crippen molar-refractivity contribution in [1.82, 2.24) is 20.0 Å². The fraction of sp³-hybridized carbons (Fsp3) is 0.100. The minimum absolute atomic E-state index is 0.0318. The van der Waals surface area contributed by atoms with Crippen LogP contribution in [0.2, 0.25) is 10.0 Å². The second-order valence-electron chi connectivity index (χ2n) is 6.58. The third-order valence-electron chi connectivity index (χ3n) is 4.42. The number of aromatic nitrogens is 4. The van der Waals surface area contributed by atoms with E-state index in [0.717, 1.165) is 17.6 Å². The summed E-state index contributed by atoms with van der Waals surface area (Å²) in [5, 5.41) is 13.9. The number of carbonyl (C=O) groups excluding carboxylic acids is 1. The Morgan fingerprint density at radius 3 is 2.47 bits per heavy atom. The summed E-state index contributed by atoms with van der Waals surface area (Å²) in [5.41, 5.74) is 1.27. The third kappa shape index (κ3) is 4.14. The number of sulfone groups is 1. The summed E-state index contributed by atoms with van der Waals surface area (Å²) in [6, 6.07) is 13.3. The van der Waals surface area contributed by atoms with Crippen molar-refractivity contribution in [2.45, 2.75) is 4.90 Å². The van der Waals surface area contributed by atoms with E-state index in [1.54, 1.807) is 36.4 Å². The highest BCUT2D eigenvalue weighted by Crippen LogP contribution is 2.38. The van der Waals surface area contributed by atoms with Gasteiger partial charge in [0.15, 0.2) is 20.5 Å². The lowest BCUT2D eigenvalue weighted by Crippen LogP contribution is -2.05. The van der Waals surface area contributed by atoms with Crippen LogP contribution in [0.5, 0.6) is 0 Å². The largest absolute Gasteiger partial charge is 0.464 e. The summed E-state index contributed by atoms with van der Waals surface area (Å²) in [5.74, 6) is -0.715. The molecule has 0 amide bonds. The zero-order valence-electron chi connectivity index (χ0n) is 16.6. The fourth-order valence-corrected chi connectivity index (χ4v) is 5.00. The van der Waals surface area contributed by atoms with Crippen molar-refractivity contribution in [3.05, 3.63) is 64.3 Å². The van der Waals surface area contributed by atoms with Crippen molar-refractivity contribution < 1.29 is 17.9 Å². The summed E-state index contributed by atoms with van der Waals surface area (Å²) in [4.78, 5) is 12.4. The molecule has 12 heteroatoms. The van der Waals surface area contributed by atoms with E-state index in [-0.39, 0.29) is 15.6 Å². The summed E-state index contributed by atoms with van der Waals surface area (Å²) in [6.07, 6.45) is 1.13. The number of halogens is 2. The lowest BCUT2D eigenvalue weighted by Gasteiger charge is -2.07. The zero-order chi connectivity index (χ0) is 23.0. The Balaban J connectivity index is 1.88. The smallest absolute Gasteiger partial charge is 0.360 e. The number of nitrogens with zero attached hydrogens (tertiary/aromatic N) is 4. The van der Waals surface area contributed by atoms with Gasteiger partial charge in [0.05, 0.1) is 22.7 Å². The van der Waals surface area contributed by atoms with E-state index < -0.39 is 15.8 Å². The van der Waals surface area contributed by atoms with Gasteiger partial charge in [0.1, 0.15) is 15.7 Å². The molecule has 32 heavy (non-hydrogen) atoms. The Labute approximate surface area is 197 Å². The standard InChI is InChI=1S/C20H14Cl2N4O4S2/c1-30-20(27)16-15(22)17(26(25-16)14-9-4-3-8-13(14)21)19-24-23-18(31-19)11-6-5-7-12(10-11)32(2,28)29/h3-10H,1-2H3. The van der Waals surface area contributed by atoms with Crippen LogP contribution in [0.1, 0.15) is 10.5 Å². The monoisotopic (exact) mass is 508 g/mol. The van der Waals surface area contributed by atoms with E-state index in [0.29, 0.717) is 32.0 Å². The van der Waals surface area contributed by atoms with Crippen molar-refractivity contribution in [2.24, 2.45) is 0 Å². The van der Waals surface area contributed by atoms with Crippen LogP contribution in [0.3, 0.4) is 0 Å². The average Bonchev–Trinajstić information content (AvgIpc) is 3.37. The molecule has 0 atom stereocenters. The SMILES string of the molecule is COC(=O)c1nn(-c2ccccc2Cl)c(-c2nnc(-c3cccc(S(C)(=O)=O)c3)s2)c1Cl. The van der Waals surface area contributed by atoms with E-state index >= 15 is 0 Å². The van der Waals surface area contributed by atoms with Gasteiger partial charge >= 0.3 is 5.97 Å². The van der Waals surface area contributed by atoms with E-state index in [1.165, 1.54) is 23.9 Å². The molecule has 0 bridgehead atoms. The Kier molecular flexibility index (Phi) is 6.04. The van der Waals surface area contributed by atoms with Crippen molar-refractivity contribution in [3.63, 3.8) is 0 Å².